The van der Waals surface area contributed by atoms with Crippen molar-refractivity contribution in [3.63, 3.8) is 0 Å². The predicted octanol–water partition coefficient (Wildman–Crippen LogP) is 4.55. The summed E-state index contributed by atoms with van der Waals surface area (Å²) in [5.41, 5.74) is 2.09. The molecule has 0 spiro atoms. The number of carbonyl (C=O) groups excluding carboxylic acids is 2. The molecule has 1 N–H and O–H groups in total. The quantitative estimate of drug-likeness (QED) is 0.733. The Labute approximate surface area is 151 Å². The SMILES string of the molecule is O=C(CC1N=NC(=O)c2ccccc21)Nc1nc(-c2cccs2)cs1. The van der Waals surface area contributed by atoms with Crippen LogP contribution in [-0.4, -0.2) is 16.8 Å². The summed E-state index contributed by atoms with van der Waals surface area (Å²) in [4.78, 5) is 29.6. The van der Waals surface area contributed by atoms with Gasteiger partial charge < -0.3 is 5.32 Å². The second kappa shape index (κ2) is 6.66. The highest BCUT2D eigenvalue weighted by atomic mass is 32.1. The fourth-order valence-electron chi connectivity index (χ4n) is 2.59. The number of rotatable bonds is 4. The highest BCUT2D eigenvalue weighted by molar-refractivity contribution is 7.16. The Kier molecular flexibility index (Phi) is 4.21. The zero-order chi connectivity index (χ0) is 17.2. The van der Waals surface area contributed by atoms with Gasteiger partial charge in [-0.1, -0.05) is 24.3 Å². The maximum Gasteiger partial charge on any atom is 0.295 e. The number of thiazole rings is 1. The van der Waals surface area contributed by atoms with Gasteiger partial charge in [0.25, 0.3) is 5.91 Å². The van der Waals surface area contributed by atoms with Crippen LogP contribution in [0.1, 0.15) is 28.4 Å². The summed E-state index contributed by atoms with van der Waals surface area (Å²) in [6.45, 7) is 0. The number of hydrogen-bond acceptors (Lipinski definition) is 6. The van der Waals surface area contributed by atoms with Crippen LogP contribution in [-0.2, 0) is 4.79 Å². The summed E-state index contributed by atoms with van der Waals surface area (Å²) in [7, 11) is 0. The van der Waals surface area contributed by atoms with Crippen molar-refractivity contribution in [2.45, 2.75) is 12.5 Å². The molecule has 0 saturated carbocycles. The van der Waals surface area contributed by atoms with E-state index in [4.69, 9.17) is 0 Å². The third-order valence-electron chi connectivity index (χ3n) is 3.74. The van der Waals surface area contributed by atoms with Crippen LogP contribution in [0.3, 0.4) is 0 Å². The summed E-state index contributed by atoms with van der Waals surface area (Å²) >= 11 is 2.98. The number of benzene rings is 1. The largest absolute Gasteiger partial charge is 0.302 e. The first-order valence-corrected chi connectivity index (χ1v) is 9.30. The maximum atomic E-state index is 12.3. The molecule has 3 heterocycles. The fraction of sp³-hybridized carbons (Fsp3) is 0.118. The van der Waals surface area contributed by atoms with E-state index in [0.717, 1.165) is 16.1 Å². The van der Waals surface area contributed by atoms with E-state index in [1.165, 1.54) is 11.3 Å². The lowest BCUT2D eigenvalue weighted by Gasteiger charge is -2.17. The topological polar surface area (TPSA) is 83.8 Å². The first kappa shape index (κ1) is 15.8. The van der Waals surface area contributed by atoms with Crippen molar-refractivity contribution in [2.75, 3.05) is 5.32 Å². The Morgan fingerprint density at radius 2 is 2.04 bits per heavy atom. The molecular formula is C17H12N4O2S2. The molecule has 1 atom stereocenters. The van der Waals surface area contributed by atoms with Gasteiger partial charge in [-0.3, -0.25) is 9.59 Å². The zero-order valence-electron chi connectivity index (χ0n) is 12.9. The highest BCUT2D eigenvalue weighted by Gasteiger charge is 2.25. The Morgan fingerprint density at radius 1 is 1.16 bits per heavy atom. The predicted molar refractivity (Wildman–Crippen MR) is 97.0 cm³/mol. The molecule has 3 aromatic rings. The van der Waals surface area contributed by atoms with Gasteiger partial charge in [-0.05, 0) is 23.1 Å². The van der Waals surface area contributed by atoms with Crippen LogP contribution in [0.5, 0.6) is 0 Å². The van der Waals surface area contributed by atoms with Crippen molar-refractivity contribution in [2.24, 2.45) is 10.2 Å². The second-order valence-electron chi connectivity index (χ2n) is 5.39. The molecule has 2 aromatic heterocycles. The number of azo groups is 1. The maximum absolute atomic E-state index is 12.3. The smallest absolute Gasteiger partial charge is 0.295 e. The van der Waals surface area contributed by atoms with Crippen LogP contribution >= 0.6 is 22.7 Å². The molecular weight excluding hydrogens is 356 g/mol. The molecule has 0 bridgehead atoms. The molecule has 25 heavy (non-hydrogen) atoms. The van der Waals surface area contributed by atoms with Gasteiger partial charge in [0.1, 0.15) is 6.04 Å². The molecule has 4 rings (SSSR count). The average molecular weight is 368 g/mol. The lowest BCUT2D eigenvalue weighted by Crippen LogP contribution is -2.18. The summed E-state index contributed by atoms with van der Waals surface area (Å²) in [6, 6.07) is 10.6. The van der Waals surface area contributed by atoms with Gasteiger partial charge in [-0.15, -0.1) is 27.8 Å². The lowest BCUT2D eigenvalue weighted by atomic mass is 9.97. The first-order chi connectivity index (χ1) is 12.2. The van der Waals surface area contributed by atoms with Gasteiger partial charge in [-0.2, -0.15) is 5.11 Å². The standard InChI is InChI=1S/C17H12N4O2S2/c22-15(19-17-18-13(9-25-17)14-6-3-7-24-14)8-12-10-4-1-2-5-11(10)16(23)21-20-12/h1-7,9,12H,8H2,(H,18,19,22). The minimum atomic E-state index is -0.453. The molecule has 6 nitrogen and oxygen atoms in total. The molecule has 124 valence electrons. The van der Waals surface area contributed by atoms with Gasteiger partial charge >= 0.3 is 0 Å². The second-order valence-corrected chi connectivity index (χ2v) is 7.20. The van der Waals surface area contributed by atoms with E-state index in [-0.39, 0.29) is 18.2 Å². The highest BCUT2D eigenvalue weighted by Crippen LogP contribution is 2.31. The first-order valence-electron chi connectivity index (χ1n) is 7.54. The van der Waals surface area contributed by atoms with Crippen LogP contribution in [0.2, 0.25) is 0 Å². The van der Waals surface area contributed by atoms with Crippen LogP contribution in [0.15, 0.2) is 57.4 Å². The summed E-state index contributed by atoms with van der Waals surface area (Å²) in [5.74, 6) is -0.576. The number of aromatic nitrogens is 1. The van der Waals surface area contributed by atoms with E-state index in [1.807, 2.05) is 35.0 Å². The van der Waals surface area contributed by atoms with Crippen LogP contribution < -0.4 is 5.32 Å². The van der Waals surface area contributed by atoms with Gasteiger partial charge in [-0.25, -0.2) is 4.98 Å². The molecule has 0 saturated heterocycles. The molecule has 8 heteroatoms. The summed E-state index contributed by atoms with van der Waals surface area (Å²) in [5, 5.41) is 14.9. The van der Waals surface area contributed by atoms with E-state index in [2.05, 4.69) is 20.5 Å². The van der Waals surface area contributed by atoms with Gasteiger partial charge in [0.05, 0.1) is 17.0 Å². The van der Waals surface area contributed by atoms with E-state index in [1.54, 1.807) is 23.5 Å². The van der Waals surface area contributed by atoms with E-state index >= 15 is 0 Å². The van der Waals surface area contributed by atoms with Crippen LogP contribution in [0, 0.1) is 0 Å². The molecule has 0 fully saturated rings. The molecule has 0 radical (unpaired) electrons. The summed E-state index contributed by atoms with van der Waals surface area (Å²) < 4.78 is 0. The van der Waals surface area contributed by atoms with Crippen LogP contribution in [0.4, 0.5) is 5.13 Å². The number of nitrogens with zero attached hydrogens (tertiary/aromatic N) is 3. The van der Waals surface area contributed by atoms with Crippen molar-refractivity contribution >= 4 is 39.6 Å². The zero-order valence-corrected chi connectivity index (χ0v) is 14.5. The Morgan fingerprint density at radius 3 is 2.88 bits per heavy atom. The number of carbonyl (C=O) groups is 2. The van der Waals surface area contributed by atoms with Crippen molar-refractivity contribution in [1.29, 1.82) is 0 Å². The normalized spacial score (nSPS) is 15.8. The Hall–Kier alpha value is -2.71. The Balaban J connectivity index is 1.46. The third kappa shape index (κ3) is 3.26. The molecule has 2 amide bonds. The molecule has 0 aliphatic carbocycles. The molecule has 1 aliphatic rings. The van der Waals surface area contributed by atoms with E-state index < -0.39 is 6.04 Å². The summed E-state index contributed by atoms with van der Waals surface area (Å²) in [6.07, 6.45) is 0.113. The van der Waals surface area contributed by atoms with E-state index in [0.29, 0.717) is 10.7 Å². The molecule has 1 unspecified atom stereocenters. The number of amides is 2. The van der Waals surface area contributed by atoms with E-state index in [9.17, 15) is 9.59 Å². The minimum Gasteiger partial charge on any atom is -0.302 e. The van der Waals surface area contributed by atoms with Gasteiger partial charge in [0.15, 0.2) is 5.13 Å². The average Bonchev–Trinajstić information content (AvgIpc) is 3.29. The van der Waals surface area contributed by atoms with Crippen molar-refractivity contribution in [3.05, 3.63) is 58.3 Å². The van der Waals surface area contributed by atoms with Crippen LogP contribution in [0.25, 0.3) is 10.6 Å². The van der Waals surface area contributed by atoms with Gasteiger partial charge in [0.2, 0.25) is 5.91 Å². The fourth-order valence-corrected chi connectivity index (χ4v) is 4.07. The number of hydrogen-bond donors (Lipinski definition) is 1. The Bertz CT molecular complexity index is 963. The van der Waals surface area contributed by atoms with Crippen molar-refractivity contribution < 1.29 is 9.59 Å². The molecule has 1 aromatic carbocycles. The minimum absolute atomic E-state index is 0.113. The third-order valence-corrected chi connectivity index (χ3v) is 5.39. The lowest BCUT2D eigenvalue weighted by molar-refractivity contribution is -0.116. The van der Waals surface area contributed by atoms with Gasteiger partial charge in [0, 0.05) is 10.9 Å². The van der Waals surface area contributed by atoms with Crippen molar-refractivity contribution in [3.8, 4) is 10.6 Å². The van der Waals surface area contributed by atoms with Crippen molar-refractivity contribution in [1.82, 2.24) is 4.98 Å². The number of nitrogens with one attached hydrogen (secondary N) is 1. The number of thiophene rings is 1. The molecule has 1 aliphatic heterocycles. The number of anilines is 1. The number of fused-ring (bicyclic) bond motifs is 1. The monoisotopic (exact) mass is 368 g/mol.